The van der Waals surface area contributed by atoms with Crippen LogP contribution in [0.25, 0.3) is 0 Å². The molecule has 0 bridgehead atoms. The van der Waals surface area contributed by atoms with Crippen LogP contribution >= 0.6 is 43.2 Å². The van der Waals surface area contributed by atoms with Crippen LogP contribution in [0.2, 0.25) is 0 Å². The van der Waals surface area contributed by atoms with Gasteiger partial charge in [-0.15, -0.1) is 11.3 Å². The Balaban J connectivity index is 1.86. The molecule has 0 radical (unpaired) electrons. The second-order valence-corrected chi connectivity index (χ2v) is 11.4. The summed E-state index contributed by atoms with van der Waals surface area (Å²) in [5.74, 6) is -1.29. The number of thiophene rings is 1. The highest BCUT2D eigenvalue weighted by atomic mass is 79.9. The van der Waals surface area contributed by atoms with E-state index in [9.17, 15) is 17.6 Å². The van der Waals surface area contributed by atoms with E-state index in [1.807, 2.05) is 6.07 Å². The van der Waals surface area contributed by atoms with Crippen molar-refractivity contribution < 1.29 is 17.6 Å². The summed E-state index contributed by atoms with van der Waals surface area (Å²) >= 11 is 7.42. The van der Waals surface area contributed by atoms with E-state index in [-0.39, 0.29) is 16.3 Å². The van der Waals surface area contributed by atoms with Crippen molar-refractivity contribution in [3.05, 3.63) is 80.3 Å². The fraction of sp³-hybridized carbons (Fsp3) is 0.105. The van der Waals surface area contributed by atoms with Crippen molar-refractivity contribution >= 4 is 64.8 Å². The number of nitrogens with one attached hydrogen (secondary N) is 2. The molecular formula is C19H15Br2FN2O3S2. The third kappa shape index (κ3) is 5.95. The lowest BCUT2D eigenvalue weighted by molar-refractivity contribution is -0.117. The van der Waals surface area contributed by atoms with Crippen LogP contribution in [0, 0.1) is 5.82 Å². The highest BCUT2D eigenvalue weighted by molar-refractivity contribution is 9.11. The lowest BCUT2D eigenvalue weighted by atomic mass is 10.1. The Hall–Kier alpha value is -1.59. The molecule has 0 saturated heterocycles. The van der Waals surface area contributed by atoms with E-state index in [4.69, 9.17) is 0 Å². The van der Waals surface area contributed by atoms with Gasteiger partial charge >= 0.3 is 0 Å². The standard InChI is InChI=1S/C19H15Br2FN2O3S2/c20-13-6-7-15(14(22)11-13)23-19(25)16(10-12-4-2-1-3-5-12)24-29(26,27)18-9-8-17(21)28-18/h1-9,11,16,24H,10H2,(H,23,25)/t16-/m0/s1. The summed E-state index contributed by atoms with van der Waals surface area (Å²) in [5.41, 5.74) is 0.730. The van der Waals surface area contributed by atoms with Gasteiger partial charge in [-0.05, 0) is 58.2 Å². The van der Waals surface area contributed by atoms with Crippen molar-refractivity contribution in [1.82, 2.24) is 4.72 Å². The first-order valence-corrected chi connectivity index (χ1v) is 12.2. The van der Waals surface area contributed by atoms with Gasteiger partial charge in [0.15, 0.2) is 0 Å². The van der Waals surface area contributed by atoms with Crippen LogP contribution in [-0.2, 0) is 21.2 Å². The molecule has 0 saturated carbocycles. The molecule has 1 heterocycles. The van der Waals surface area contributed by atoms with Crippen LogP contribution in [0.4, 0.5) is 10.1 Å². The predicted molar refractivity (Wildman–Crippen MR) is 119 cm³/mol. The minimum absolute atomic E-state index is 0.0330. The van der Waals surface area contributed by atoms with Crippen LogP contribution in [-0.4, -0.2) is 20.4 Å². The van der Waals surface area contributed by atoms with Crippen molar-refractivity contribution in [2.75, 3.05) is 5.32 Å². The molecule has 5 nitrogen and oxygen atoms in total. The minimum atomic E-state index is -3.94. The number of hydrogen-bond acceptors (Lipinski definition) is 4. The van der Waals surface area contributed by atoms with Gasteiger partial charge in [0.1, 0.15) is 16.1 Å². The molecule has 1 atom stereocenters. The van der Waals surface area contributed by atoms with Crippen LogP contribution in [0.5, 0.6) is 0 Å². The Morgan fingerprint density at radius 3 is 2.41 bits per heavy atom. The first kappa shape index (κ1) is 22.1. The molecule has 0 aliphatic rings. The van der Waals surface area contributed by atoms with Gasteiger partial charge in [0.05, 0.1) is 9.47 Å². The molecule has 1 amide bonds. The first-order chi connectivity index (χ1) is 13.7. The van der Waals surface area contributed by atoms with E-state index in [1.165, 1.54) is 18.2 Å². The Morgan fingerprint density at radius 1 is 1.07 bits per heavy atom. The zero-order valence-corrected chi connectivity index (χ0v) is 19.5. The molecule has 29 heavy (non-hydrogen) atoms. The number of halogens is 3. The lowest BCUT2D eigenvalue weighted by Gasteiger charge is -2.18. The number of benzene rings is 2. The number of rotatable bonds is 7. The largest absolute Gasteiger partial charge is 0.322 e. The molecule has 2 N–H and O–H groups in total. The summed E-state index contributed by atoms with van der Waals surface area (Å²) in [6.07, 6.45) is 0.108. The Morgan fingerprint density at radius 2 is 1.79 bits per heavy atom. The summed E-state index contributed by atoms with van der Waals surface area (Å²) in [5, 5.41) is 2.47. The van der Waals surface area contributed by atoms with E-state index in [2.05, 4.69) is 41.9 Å². The van der Waals surface area contributed by atoms with E-state index in [0.29, 0.717) is 8.26 Å². The second kappa shape index (κ2) is 9.48. The lowest BCUT2D eigenvalue weighted by Crippen LogP contribution is -2.45. The number of carbonyl (C=O) groups excluding carboxylic acids is 1. The maximum absolute atomic E-state index is 14.1. The molecule has 10 heteroatoms. The first-order valence-electron chi connectivity index (χ1n) is 8.32. The molecule has 0 unspecified atom stereocenters. The zero-order chi connectivity index (χ0) is 21.0. The number of carbonyl (C=O) groups is 1. The molecule has 1 aromatic heterocycles. The van der Waals surface area contributed by atoms with Crippen LogP contribution in [0.15, 0.2) is 73.1 Å². The van der Waals surface area contributed by atoms with Crippen LogP contribution < -0.4 is 10.0 Å². The Bertz CT molecular complexity index is 1120. The average molecular weight is 562 g/mol. The van der Waals surface area contributed by atoms with Gasteiger partial charge in [-0.3, -0.25) is 4.79 Å². The van der Waals surface area contributed by atoms with E-state index >= 15 is 0 Å². The third-order valence-electron chi connectivity index (χ3n) is 3.90. The highest BCUT2D eigenvalue weighted by Crippen LogP contribution is 2.26. The monoisotopic (exact) mass is 560 g/mol. The maximum Gasteiger partial charge on any atom is 0.250 e. The van der Waals surface area contributed by atoms with Crippen molar-refractivity contribution in [3.63, 3.8) is 0 Å². The molecule has 3 aromatic rings. The molecule has 0 spiro atoms. The smallest absolute Gasteiger partial charge is 0.250 e. The van der Waals surface area contributed by atoms with Crippen LogP contribution in [0.1, 0.15) is 5.56 Å². The van der Waals surface area contributed by atoms with E-state index in [1.54, 1.807) is 36.4 Å². The molecular weight excluding hydrogens is 547 g/mol. The average Bonchev–Trinajstić information content (AvgIpc) is 3.11. The third-order valence-corrected chi connectivity index (χ3v) is 7.98. The number of hydrogen-bond donors (Lipinski definition) is 2. The molecule has 3 rings (SSSR count). The van der Waals surface area contributed by atoms with Gasteiger partial charge < -0.3 is 5.32 Å². The topological polar surface area (TPSA) is 75.3 Å². The summed E-state index contributed by atoms with van der Waals surface area (Å²) in [6, 6.07) is 15.1. The van der Waals surface area contributed by atoms with E-state index in [0.717, 1.165) is 16.9 Å². The summed E-state index contributed by atoms with van der Waals surface area (Å²) in [4.78, 5) is 12.8. The second-order valence-electron chi connectivity index (χ2n) is 6.04. The van der Waals surface area contributed by atoms with Gasteiger partial charge in [-0.2, -0.15) is 4.72 Å². The fourth-order valence-electron chi connectivity index (χ4n) is 2.54. The van der Waals surface area contributed by atoms with Crippen molar-refractivity contribution in [2.24, 2.45) is 0 Å². The summed E-state index contributed by atoms with van der Waals surface area (Å²) < 4.78 is 43.3. The quantitative estimate of drug-likeness (QED) is 0.429. The van der Waals surface area contributed by atoms with Crippen LogP contribution in [0.3, 0.4) is 0 Å². The number of anilines is 1. The molecule has 2 aromatic carbocycles. The molecule has 0 fully saturated rings. The van der Waals surface area contributed by atoms with Gasteiger partial charge in [0.25, 0.3) is 10.0 Å². The zero-order valence-electron chi connectivity index (χ0n) is 14.7. The van der Waals surface area contributed by atoms with Gasteiger partial charge in [0, 0.05) is 4.47 Å². The maximum atomic E-state index is 14.1. The fourth-order valence-corrected chi connectivity index (χ4v) is 6.09. The van der Waals surface area contributed by atoms with Gasteiger partial charge in [-0.1, -0.05) is 46.3 Å². The number of sulfonamides is 1. The minimum Gasteiger partial charge on any atom is -0.322 e. The molecule has 0 aliphatic carbocycles. The van der Waals surface area contributed by atoms with Gasteiger partial charge in [-0.25, -0.2) is 12.8 Å². The SMILES string of the molecule is O=C(Nc1ccc(Br)cc1F)[C@H](Cc1ccccc1)NS(=O)(=O)c1ccc(Br)s1. The summed E-state index contributed by atoms with van der Waals surface area (Å²) in [7, 11) is -3.94. The number of amides is 1. The molecule has 152 valence electrons. The highest BCUT2D eigenvalue weighted by Gasteiger charge is 2.27. The predicted octanol–water partition coefficient (Wildman–Crippen LogP) is 4.94. The van der Waals surface area contributed by atoms with Gasteiger partial charge in [0.2, 0.25) is 5.91 Å². The van der Waals surface area contributed by atoms with Crippen molar-refractivity contribution in [2.45, 2.75) is 16.7 Å². The normalized spacial score (nSPS) is 12.5. The van der Waals surface area contributed by atoms with Crippen molar-refractivity contribution in [1.29, 1.82) is 0 Å². The van der Waals surface area contributed by atoms with Crippen molar-refractivity contribution in [3.8, 4) is 0 Å². The summed E-state index contributed by atoms with van der Waals surface area (Å²) in [6.45, 7) is 0. The Labute approximate surface area is 188 Å². The van der Waals surface area contributed by atoms with E-state index < -0.39 is 27.8 Å². The Kier molecular flexibility index (Phi) is 7.23. The molecule has 0 aliphatic heterocycles.